The predicted molar refractivity (Wildman–Crippen MR) is 70.7 cm³/mol. The summed E-state index contributed by atoms with van der Waals surface area (Å²) < 4.78 is 26.6. The Morgan fingerprint density at radius 3 is 2.61 bits per heavy atom. The van der Waals surface area contributed by atoms with Crippen LogP contribution in [0.5, 0.6) is 0 Å². The van der Waals surface area contributed by atoms with Gasteiger partial charge < -0.3 is 5.11 Å². The first-order valence-corrected chi connectivity index (χ1v) is 7.70. The maximum absolute atomic E-state index is 11.9. The zero-order valence-electron chi connectivity index (χ0n) is 9.54. The highest BCUT2D eigenvalue weighted by atomic mass is 32.2. The Balaban J connectivity index is 2.07. The molecule has 1 aromatic carbocycles. The average Bonchev–Trinajstić information content (AvgIpc) is 2.91. The molecule has 6 heteroatoms. The Morgan fingerprint density at radius 2 is 1.94 bits per heavy atom. The molecule has 2 rings (SSSR count). The fourth-order valence-electron chi connectivity index (χ4n) is 1.50. The van der Waals surface area contributed by atoms with Crippen LogP contribution < -0.4 is 4.72 Å². The molecular formula is C12H13NO3S2. The van der Waals surface area contributed by atoms with Crippen molar-refractivity contribution in [2.75, 3.05) is 0 Å². The second-order valence-corrected chi connectivity index (χ2v) is 6.68. The van der Waals surface area contributed by atoms with E-state index >= 15 is 0 Å². The van der Waals surface area contributed by atoms with Crippen molar-refractivity contribution in [2.24, 2.45) is 0 Å². The maximum atomic E-state index is 11.9. The highest BCUT2D eigenvalue weighted by molar-refractivity contribution is 7.91. The van der Waals surface area contributed by atoms with Gasteiger partial charge in [-0.3, -0.25) is 0 Å². The van der Waals surface area contributed by atoms with Gasteiger partial charge in [0.1, 0.15) is 4.21 Å². The van der Waals surface area contributed by atoms with Crippen LogP contribution in [0.4, 0.5) is 0 Å². The van der Waals surface area contributed by atoms with E-state index < -0.39 is 10.0 Å². The summed E-state index contributed by atoms with van der Waals surface area (Å²) in [6.45, 7) is 0.166. The first-order chi connectivity index (χ1) is 8.62. The van der Waals surface area contributed by atoms with Crippen molar-refractivity contribution in [3.8, 4) is 0 Å². The predicted octanol–water partition coefficient (Wildman–Crippen LogP) is 1.72. The lowest BCUT2D eigenvalue weighted by Crippen LogP contribution is -2.22. The number of hydrogen-bond acceptors (Lipinski definition) is 4. The molecule has 0 saturated carbocycles. The van der Waals surface area contributed by atoms with Crippen LogP contribution in [0.15, 0.2) is 46.0 Å². The Morgan fingerprint density at radius 1 is 1.17 bits per heavy atom. The number of nitrogens with one attached hydrogen (secondary N) is 1. The molecule has 0 aliphatic heterocycles. The van der Waals surface area contributed by atoms with E-state index in [-0.39, 0.29) is 13.2 Å². The van der Waals surface area contributed by atoms with Crippen molar-refractivity contribution < 1.29 is 13.5 Å². The average molecular weight is 283 g/mol. The first-order valence-electron chi connectivity index (χ1n) is 5.34. The molecule has 2 aromatic rings. The number of benzene rings is 1. The molecule has 0 unspecified atom stereocenters. The molecule has 0 bridgehead atoms. The lowest BCUT2D eigenvalue weighted by Gasteiger charge is -2.06. The lowest BCUT2D eigenvalue weighted by molar-refractivity contribution is 0.281. The molecule has 0 saturated heterocycles. The standard InChI is InChI=1S/C12H13NO3S2/c14-9-11-4-1-3-10(7-11)8-13-18(15,16)12-5-2-6-17-12/h1-7,13-14H,8-9H2. The second-order valence-electron chi connectivity index (χ2n) is 3.73. The number of aliphatic hydroxyl groups is 1. The molecule has 0 aliphatic rings. The minimum Gasteiger partial charge on any atom is -0.392 e. The van der Waals surface area contributed by atoms with Crippen molar-refractivity contribution in [3.05, 3.63) is 52.9 Å². The summed E-state index contributed by atoms with van der Waals surface area (Å²) in [6, 6.07) is 10.4. The molecule has 0 aliphatic carbocycles. The van der Waals surface area contributed by atoms with Gasteiger partial charge in [-0.2, -0.15) is 0 Å². The summed E-state index contributed by atoms with van der Waals surface area (Å²) in [5.41, 5.74) is 1.59. The molecule has 0 atom stereocenters. The largest absolute Gasteiger partial charge is 0.392 e. The van der Waals surface area contributed by atoms with Crippen LogP contribution in [0.3, 0.4) is 0 Å². The van der Waals surface area contributed by atoms with Crippen molar-refractivity contribution in [1.82, 2.24) is 4.72 Å². The van der Waals surface area contributed by atoms with Crippen LogP contribution in [0, 0.1) is 0 Å². The molecule has 0 spiro atoms. The van der Waals surface area contributed by atoms with E-state index in [0.29, 0.717) is 4.21 Å². The van der Waals surface area contributed by atoms with Crippen LogP contribution >= 0.6 is 11.3 Å². The zero-order chi connectivity index (χ0) is 13.0. The first kappa shape index (κ1) is 13.2. The lowest BCUT2D eigenvalue weighted by atomic mass is 10.1. The van der Waals surface area contributed by atoms with Gasteiger partial charge in [0.25, 0.3) is 0 Å². The topological polar surface area (TPSA) is 66.4 Å². The molecule has 96 valence electrons. The smallest absolute Gasteiger partial charge is 0.250 e. The Hall–Kier alpha value is -1.21. The van der Waals surface area contributed by atoms with Gasteiger partial charge in [0.2, 0.25) is 10.0 Å². The van der Waals surface area contributed by atoms with Gasteiger partial charge in [-0.1, -0.05) is 30.3 Å². The third-order valence-corrected chi connectivity index (χ3v) is 5.20. The van der Waals surface area contributed by atoms with Crippen molar-refractivity contribution in [3.63, 3.8) is 0 Å². The number of sulfonamides is 1. The molecular weight excluding hydrogens is 270 g/mol. The molecule has 1 aromatic heterocycles. The number of hydrogen-bond donors (Lipinski definition) is 2. The normalized spacial score (nSPS) is 11.6. The third kappa shape index (κ3) is 3.17. The summed E-state index contributed by atoms with van der Waals surface area (Å²) in [7, 11) is -3.43. The van der Waals surface area contributed by atoms with Crippen LogP contribution in [0.1, 0.15) is 11.1 Å². The second kappa shape index (κ2) is 5.62. The zero-order valence-corrected chi connectivity index (χ0v) is 11.2. The minimum absolute atomic E-state index is 0.0501. The van der Waals surface area contributed by atoms with E-state index in [1.165, 1.54) is 11.3 Å². The van der Waals surface area contributed by atoms with Gasteiger partial charge in [0.15, 0.2) is 0 Å². The van der Waals surface area contributed by atoms with E-state index in [9.17, 15) is 8.42 Å². The molecule has 2 N–H and O–H groups in total. The van der Waals surface area contributed by atoms with Gasteiger partial charge in [0.05, 0.1) is 6.61 Å². The molecule has 4 nitrogen and oxygen atoms in total. The van der Waals surface area contributed by atoms with Crippen molar-refractivity contribution >= 4 is 21.4 Å². The fourth-order valence-corrected chi connectivity index (χ4v) is 3.56. The minimum atomic E-state index is -3.43. The van der Waals surface area contributed by atoms with Gasteiger partial charge >= 0.3 is 0 Å². The van der Waals surface area contributed by atoms with E-state index in [4.69, 9.17) is 5.11 Å². The van der Waals surface area contributed by atoms with Crippen LogP contribution in [0.2, 0.25) is 0 Å². The number of thiophene rings is 1. The highest BCUT2D eigenvalue weighted by Gasteiger charge is 2.14. The Bertz CT molecular complexity index is 606. The summed E-state index contributed by atoms with van der Waals surface area (Å²) in [6.07, 6.45) is 0. The number of aliphatic hydroxyl groups excluding tert-OH is 1. The third-order valence-electron chi connectivity index (χ3n) is 2.40. The van der Waals surface area contributed by atoms with E-state index in [1.54, 1.807) is 35.7 Å². The fraction of sp³-hybridized carbons (Fsp3) is 0.167. The van der Waals surface area contributed by atoms with Gasteiger partial charge in [0, 0.05) is 6.54 Å². The summed E-state index contributed by atoms with van der Waals surface area (Å²) in [4.78, 5) is 0. The van der Waals surface area contributed by atoms with Crippen LogP contribution in [-0.4, -0.2) is 13.5 Å². The van der Waals surface area contributed by atoms with Gasteiger partial charge in [-0.05, 0) is 22.6 Å². The van der Waals surface area contributed by atoms with E-state index in [0.717, 1.165) is 11.1 Å². The molecule has 0 fully saturated rings. The van der Waals surface area contributed by atoms with Gasteiger partial charge in [-0.15, -0.1) is 11.3 Å². The van der Waals surface area contributed by atoms with Gasteiger partial charge in [-0.25, -0.2) is 13.1 Å². The molecule has 1 heterocycles. The van der Waals surface area contributed by atoms with Crippen LogP contribution in [0.25, 0.3) is 0 Å². The van der Waals surface area contributed by atoms with Crippen molar-refractivity contribution in [1.29, 1.82) is 0 Å². The molecule has 18 heavy (non-hydrogen) atoms. The monoisotopic (exact) mass is 283 g/mol. The maximum Gasteiger partial charge on any atom is 0.250 e. The SMILES string of the molecule is O=S(=O)(NCc1cccc(CO)c1)c1cccs1. The Kier molecular flexibility index (Phi) is 4.13. The highest BCUT2D eigenvalue weighted by Crippen LogP contribution is 2.16. The molecule has 0 radical (unpaired) electrons. The van der Waals surface area contributed by atoms with Crippen LogP contribution in [-0.2, 0) is 23.2 Å². The van der Waals surface area contributed by atoms with E-state index in [1.807, 2.05) is 6.07 Å². The Labute approximate surface area is 110 Å². The summed E-state index contributed by atoms with van der Waals surface area (Å²) >= 11 is 1.18. The van der Waals surface area contributed by atoms with Crippen molar-refractivity contribution in [2.45, 2.75) is 17.4 Å². The summed E-state index contributed by atoms with van der Waals surface area (Å²) in [5.74, 6) is 0. The van der Waals surface area contributed by atoms with E-state index in [2.05, 4.69) is 4.72 Å². The number of rotatable bonds is 5. The summed E-state index contributed by atoms with van der Waals surface area (Å²) in [5, 5.41) is 10.7. The molecule has 0 amide bonds. The quantitative estimate of drug-likeness (QED) is 0.878.